The standard InChI is InChI=1S/C9H16N4O2S/c1-6-12-13-8(15-6)11-7(14)4-16-5-9(2,3)10/h4-5,10H2,1-3H3,(H,11,13,14). The number of nitrogens with one attached hydrogen (secondary N) is 1. The van der Waals surface area contributed by atoms with Crippen LogP contribution >= 0.6 is 11.8 Å². The minimum Gasteiger partial charge on any atom is -0.408 e. The summed E-state index contributed by atoms with van der Waals surface area (Å²) in [7, 11) is 0. The van der Waals surface area contributed by atoms with Crippen molar-refractivity contribution in [2.45, 2.75) is 26.3 Å². The molecule has 3 N–H and O–H groups in total. The van der Waals surface area contributed by atoms with Crippen LogP contribution in [0.5, 0.6) is 0 Å². The van der Waals surface area contributed by atoms with Gasteiger partial charge in [-0.1, -0.05) is 5.10 Å². The van der Waals surface area contributed by atoms with Crippen LogP contribution in [0, 0.1) is 6.92 Å². The van der Waals surface area contributed by atoms with Crippen molar-refractivity contribution in [1.29, 1.82) is 0 Å². The van der Waals surface area contributed by atoms with E-state index in [1.165, 1.54) is 11.8 Å². The van der Waals surface area contributed by atoms with Gasteiger partial charge in [0.2, 0.25) is 11.8 Å². The third-order valence-corrected chi connectivity index (χ3v) is 2.89. The van der Waals surface area contributed by atoms with Crippen molar-refractivity contribution in [3.8, 4) is 0 Å². The van der Waals surface area contributed by atoms with Crippen LogP contribution in [0.25, 0.3) is 0 Å². The number of hydrogen-bond acceptors (Lipinski definition) is 6. The Hall–Kier alpha value is -1.08. The number of aromatic nitrogens is 2. The predicted octanol–water partition coefficient (Wildman–Crippen LogP) is 0.787. The van der Waals surface area contributed by atoms with Gasteiger partial charge < -0.3 is 10.2 Å². The van der Waals surface area contributed by atoms with E-state index in [0.29, 0.717) is 17.4 Å². The van der Waals surface area contributed by atoms with Gasteiger partial charge in [-0.2, -0.15) is 11.8 Å². The molecule has 16 heavy (non-hydrogen) atoms. The summed E-state index contributed by atoms with van der Waals surface area (Å²) in [6.45, 7) is 5.49. The van der Waals surface area contributed by atoms with Gasteiger partial charge in [-0.05, 0) is 13.8 Å². The van der Waals surface area contributed by atoms with Crippen LogP contribution in [-0.2, 0) is 4.79 Å². The van der Waals surface area contributed by atoms with Crippen LogP contribution in [0.2, 0.25) is 0 Å². The normalized spacial score (nSPS) is 11.5. The van der Waals surface area contributed by atoms with Gasteiger partial charge in [0, 0.05) is 18.2 Å². The topological polar surface area (TPSA) is 94.0 Å². The third kappa shape index (κ3) is 5.13. The first-order chi connectivity index (χ1) is 7.37. The average molecular weight is 244 g/mol. The highest BCUT2D eigenvalue weighted by Gasteiger charge is 2.13. The van der Waals surface area contributed by atoms with E-state index in [4.69, 9.17) is 10.2 Å². The number of hydrogen-bond donors (Lipinski definition) is 2. The molecule has 0 radical (unpaired) electrons. The fraction of sp³-hybridized carbons (Fsp3) is 0.667. The molecule has 0 aromatic carbocycles. The fourth-order valence-corrected chi connectivity index (χ4v) is 1.79. The number of aryl methyl sites for hydroxylation is 1. The zero-order chi connectivity index (χ0) is 12.2. The second-order valence-corrected chi connectivity index (χ2v) is 5.14. The maximum Gasteiger partial charge on any atom is 0.322 e. The summed E-state index contributed by atoms with van der Waals surface area (Å²) in [6.07, 6.45) is 0. The molecule has 1 heterocycles. The van der Waals surface area contributed by atoms with E-state index < -0.39 is 0 Å². The number of thioether (sulfide) groups is 1. The van der Waals surface area contributed by atoms with Crippen molar-refractivity contribution < 1.29 is 9.21 Å². The zero-order valence-corrected chi connectivity index (χ0v) is 10.4. The molecule has 1 rings (SSSR count). The highest BCUT2D eigenvalue weighted by molar-refractivity contribution is 8.00. The molecule has 1 aromatic heterocycles. The molecule has 90 valence electrons. The Morgan fingerprint density at radius 1 is 1.56 bits per heavy atom. The van der Waals surface area contributed by atoms with Gasteiger partial charge in [0.25, 0.3) is 0 Å². The number of carbonyl (C=O) groups excluding carboxylic acids is 1. The first-order valence-corrected chi connectivity index (χ1v) is 5.99. The highest BCUT2D eigenvalue weighted by Crippen LogP contribution is 2.10. The van der Waals surface area contributed by atoms with Crippen LogP contribution in [-0.4, -0.2) is 33.1 Å². The Morgan fingerprint density at radius 2 is 2.25 bits per heavy atom. The molecule has 0 bridgehead atoms. The van der Waals surface area contributed by atoms with E-state index in [-0.39, 0.29) is 17.5 Å². The fourth-order valence-electron chi connectivity index (χ4n) is 0.909. The lowest BCUT2D eigenvalue weighted by atomic mass is 10.1. The Bertz CT molecular complexity index is 359. The first-order valence-electron chi connectivity index (χ1n) is 4.83. The molecule has 0 aliphatic carbocycles. The summed E-state index contributed by atoms with van der Waals surface area (Å²) in [4.78, 5) is 11.4. The molecule has 7 heteroatoms. The number of nitrogens with zero attached hydrogens (tertiary/aromatic N) is 2. The molecule has 0 atom stereocenters. The van der Waals surface area contributed by atoms with Crippen LogP contribution in [0.3, 0.4) is 0 Å². The van der Waals surface area contributed by atoms with Gasteiger partial charge in [-0.15, -0.1) is 5.10 Å². The average Bonchev–Trinajstić information content (AvgIpc) is 2.48. The van der Waals surface area contributed by atoms with Crippen LogP contribution in [0.1, 0.15) is 19.7 Å². The molecule has 0 spiro atoms. The van der Waals surface area contributed by atoms with Crippen molar-refractivity contribution in [1.82, 2.24) is 10.2 Å². The quantitative estimate of drug-likeness (QED) is 0.795. The summed E-state index contributed by atoms with van der Waals surface area (Å²) in [5, 5.41) is 9.77. The Kier molecular flexibility index (Phi) is 4.31. The zero-order valence-electron chi connectivity index (χ0n) is 9.61. The van der Waals surface area contributed by atoms with Crippen molar-refractivity contribution in [3.63, 3.8) is 0 Å². The van der Waals surface area contributed by atoms with E-state index in [1.807, 2.05) is 13.8 Å². The first kappa shape index (κ1) is 13.0. The largest absolute Gasteiger partial charge is 0.408 e. The van der Waals surface area contributed by atoms with Gasteiger partial charge in [0.15, 0.2) is 0 Å². The lowest BCUT2D eigenvalue weighted by Crippen LogP contribution is -2.35. The Labute approximate surface area is 98.4 Å². The molecule has 0 aliphatic rings. The van der Waals surface area contributed by atoms with E-state index in [1.54, 1.807) is 6.92 Å². The van der Waals surface area contributed by atoms with E-state index in [9.17, 15) is 4.79 Å². The maximum atomic E-state index is 11.4. The van der Waals surface area contributed by atoms with Crippen LogP contribution < -0.4 is 11.1 Å². The summed E-state index contributed by atoms with van der Waals surface area (Å²) in [6, 6.07) is 0.134. The summed E-state index contributed by atoms with van der Waals surface area (Å²) >= 11 is 1.47. The monoisotopic (exact) mass is 244 g/mol. The second-order valence-electron chi connectivity index (χ2n) is 4.16. The predicted molar refractivity (Wildman–Crippen MR) is 63.3 cm³/mol. The Morgan fingerprint density at radius 3 is 2.75 bits per heavy atom. The molecule has 1 aromatic rings. The van der Waals surface area contributed by atoms with Crippen molar-refractivity contribution in [2.24, 2.45) is 5.73 Å². The van der Waals surface area contributed by atoms with Crippen molar-refractivity contribution in [2.75, 3.05) is 16.8 Å². The van der Waals surface area contributed by atoms with Crippen LogP contribution in [0.15, 0.2) is 4.42 Å². The molecular weight excluding hydrogens is 228 g/mol. The van der Waals surface area contributed by atoms with Gasteiger partial charge >= 0.3 is 6.01 Å². The van der Waals surface area contributed by atoms with Gasteiger partial charge in [-0.25, -0.2) is 0 Å². The Balaban J connectivity index is 2.26. The SMILES string of the molecule is Cc1nnc(NC(=O)CSCC(C)(C)N)o1. The number of amides is 1. The van der Waals surface area contributed by atoms with E-state index >= 15 is 0 Å². The van der Waals surface area contributed by atoms with Gasteiger partial charge in [0.05, 0.1) is 5.75 Å². The number of rotatable bonds is 5. The minimum absolute atomic E-state index is 0.134. The third-order valence-electron chi connectivity index (χ3n) is 1.48. The molecule has 0 fully saturated rings. The van der Waals surface area contributed by atoms with Crippen molar-refractivity contribution >= 4 is 23.7 Å². The molecular formula is C9H16N4O2S. The number of nitrogens with two attached hydrogens (primary N) is 1. The molecule has 1 amide bonds. The molecule has 0 saturated carbocycles. The maximum absolute atomic E-state index is 11.4. The summed E-state index contributed by atoms with van der Waals surface area (Å²) in [5.74, 6) is 1.29. The lowest BCUT2D eigenvalue weighted by molar-refractivity contribution is -0.113. The van der Waals surface area contributed by atoms with Gasteiger partial charge in [0.1, 0.15) is 0 Å². The van der Waals surface area contributed by atoms with Crippen molar-refractivity contribution in [3.05, 3.63) is 5.89 Å². The number of carbonyl (C=O) groups is 1. The summed E-state index contributed by atoms with van der Waals surface area (Å²) < 4.78 is 5.01. The molecule has 0 aliphatic heterocycles. The smallest absolute Gasteiger partial charge is 0.322 e. The second kappa shape index (κ2) is 5.31. The van der Waals surface area contributed by atoms with Gasteiger partial charge in [-0.3, -0.25) is 10.1 Å². The van der Waals surface area contributed by atoms with E-state index in [0.717, 1.165) is 0 Å². The summed E-state index contributed by atoms with van der Waals surface area (Å²) in [5.41, 5.74) is 5.51. The lowest BCUT2D eigenvalue weighted by Gasteiger charge is -2.16. The highest BCUT2D eigenvalue weighted by atomic mass is 32.2. The number of anilines is 1. The minimum atomic E-state index is -0.272. The molecule has 0 saturated heterocycles. The molecule has 6 nitrogen and oxygen atoms in total. The molecule has 0 unspecified atom stereocenters. The van der Waals surface area contributed by atoms with Crippen LogP contribution in [0.4, 0.5) is 6.01 Å². The van der Waals surface area contributed by atoms with E-state index in [2.05, 4.69) is 15.5 Å².